The fraction of sp³-hybridized carbons (Fsp3) is 0.385. The van der Waals surface area contributed by atoms with Gasteiger partial charge in [-0.05, 0) is 17.5 Å². The lowest BCUT2D eigenvalue weighted by molar-refractivity contribution is -0.148. The molecule has 0 bridgehead atoms. The zero-order valence-electron chi connectivity index (χ0n) is 9.89. The molecule has 0 aliphatic carbocycles. The summed E-state index contributed by atoms with van der Waals surface area (Å²) in [5.41, 5.74) is 2.06. The monoisotopic (exact) mass is 249 g/mol. The first-order chi connectivity index (χ1) is 8.68. The Morgan fingerprint density at radius 1 is 1.39 bits per heavy atom. The maximum Gasteiger partial charge on any atom is 0.327 e. The Balaban J connectivity index is 2.01. The van der Waals surface area contributed by atoms with Crippen molar-refractivity contribution in [3.63, 3.8) is 0 Å². The van der Waals surface area contributed by atoms with Gasteiger partial charge in [0.15, 0.2) is 0 Å². The molecule has 1 aromatic carbocycles. The lowest BCUT2D eigenvalue weighted by Crippen LogP contribution is -2.36. The van der Waals surface area contributed by atoms with Crippen molar-refractivity contribution >= 4 is 11.9 Å². The molecule has 1 aliphatic heterocycles. The van der Waals surface area contributed by atoms with Gasteiger partial charge >= 0.3 is 11.9 Å². The molecule has 1 unspecified atom stereocenters. The first kappa shape index (κ1) is 12.6. The van der Waals surface area contributed by atoms with E-state index in [1.165, 1.54) is 0 Å². The number of benzene rings is 1. The van der Waals surface area contributed by atoms with Gasteiger partial charge in [-0.3, -0.25) is 4.79 Å². The van der Waals surface area contributed by atoms with Crippen LogP contribution >= 0.6 is 0 Å². The molecule has 1 heterocycles. The van der Waals surface area contributed by atoms with Crippen LogP contribution in [0.15, 0.2) is 24.3 Å². The summed E-state index contributed by atoms with van der Waals surface area (Å²) in [5, 5.41) is 11.6. The molecule has 0 fully saturated rings. The van der Waals surface area contributed by atoms with E-state index in [-0.39, 0.29) is 13.0 Å². The van der Waals surface area contributed by atoms with Crippen LogP contribution < -0.4 is 5.32 Å². The molecule has 0 aromatic heterocycles. The van der Waals surface area contributed by atoms with Crippen LogP contribution in [0.1, 0.15) is 23.6 Å². The van der Waals surface area contributed by atoms with E-state index in [1.54, 1.807) is 0 Å². The van der Waals surface area contributed by atoms with E-state index in [2.05, 4.69) is 5.32 Å². The van der Waals surface area contributed by atoms with Crippen LogP contribution in [0.5, 0.6) is 0 Å². The van der Waals surface area contributed by atoms with Crippen LogP contribution in [0.2, 0.25) is 0 Å². The Bertz CT molecular complexity index is 458. The summed E-state index contributed by atoms with van der Waals surface area (Å²) in [5.74, 6) is -1.39. The zero-order valence-corrected chi connectivity index (χ0v) is 9.89. The van der Waals surface area contributed by atoms with Crippen molar-refractivity contribution in [1.82, 2.24) is 5.32 Å². The highest BCUT2D eigenvalue weighted by Crippen LogP contribution is 2.23. The molecule has 0 amide bonds. The number of ether oxygens (including phenoxy) is 1. The highest BCUT2D eigenvalue weighted by molar-refractivity contribution is 5.79. The Morgan fingerprint density at radius 3 is 2.94 bits per heavy atom. The lowest BCUT2D eigenvalue weighted by Gasteiger charge is -2.25. The van der Waals surface area contributed by atoms with Crippen molar-refractivity contribution in [2.24, 2.45) is 0 Å². The third kappa shape index (κ3) is 2.87. The maximum absolute atomic E-state index is 11.9. The summed E-state index contributed by atoms with van der Waals surface area (Å²) >= 11 is 0. The van der Waals surface area contributed by atoms with Gasteiger partial charge in [0, 0.05) is 6.54 Å². The molecule has 96 valence electrons. The fourth-order valence-corrected chi connectivity index (χ4v) is 2.04. The maximum atomic E-state index is 11.9. The van der Waals surface area contributed by atoms with Crippen LogP contribution in [-0.2, 0) is 20.7 Å². The Kier molecular flexibility index (Phi) is 3.94. The molecule has 5 nitrogen and oxygen atoms in total. The van der Waals surface area contributed by atoms with Crippen molar-refractivity contribution in [2.45, 2.75) is 18.9 Å². The number of nitrogens with one attached hydrogen (secondary N) is 1. The van der Waals surface area contributed by atoms with Gasteiger partial charge in [-0.15, -0.1) is 0 Å². The number of carboxylic acid groups (broad SMARTS) is 1. The van der Waals surface area contributed by atoms with Gasteiger partial charge in [0.2, 0.25) is 0 Å². The van der Waals surface area contributed by atoms with Gasteiger partial charge in [-0.2, -0.15) is 0 Å². The molecule has 18 heavy (non-hydrogen) atoms. The zero-order chi connectivity index (χ0) is 13.0. The van der Waals surface area contributed by atoms with E-state index < -0.39 is 18.0 Å². The summed E-state index contributed by atoms with van der Waals surface area (Å²) in [6, 6.07) is 7.22. The highest BCUT2D eigenvalue weighted by atomic mass is 16.5. The van der Waals surface area contributed by atoms with Gasteiger partial charge in [-0.1, -0.05) is 24.3 Å². The molecule has 0 spiro atoms. The summed E-state index contributed by atoms with van der Waals surface area (Å²) in [6.45, 7) is 0.629. The number of carboxylic acids is 1. The summed E-state index contributed by atoms with van der Waals surface area (Å²) in [6.07, 6.45) is 0.717. The largest absolute Gasteiger partial charge is 0.481 e. The van der Waals surface area contributed by atoms with Gasteiger partial charge in [0.05, 0.1) is 6.42 Å². The first-order valence-corrected chi connectivity index (χ1v) is 5.88. The molecule has 0 radical (unpaired) electrons. The van der Waals surface area contributed by atoms with Crippen LogP contribution in [-0.4, -0.2) is 30.2 Å². The SMILES string of the molecule is O=C(O)CCOC(=O)C1NCCc2ccccc21. The van der Waals surface area contributed by atoms with E-state index in [0.717, 1.165) is 24.1 Å². The lowest BCUT2D eigenvalue weighted by atomic mass is 9.94. The van der Waals surface area contributed by atoms with Crippen molar-refractivity contribution in [3.8, 4) is 0 Å². The molecule has 2 N–H and O–H groups in total. The minimum Gasteiger partial charge on any atom is -0.481 e. The number of carbonyl (C=O) groups excluding carboxylic acids is 1. The Morgan fingerprint density at radius 2 is 2.17 bits per heavy atom. The molecule has 1 aromatic rings. The molecule has 1 aliphatic rings. The van der Waals surface area contributed by atoms with E-state index in [9.17, 15) is 9.59 Å². The fourth-order valence-electron chi connectivity index (χ4n) is 2.04. The molecule has 2 rings (SSSR count). The molecule has 0 saturated heterocycles. The summed E-state index contributed by atoms with van der Waals surface area (Å²) in [4.78, 5) is 22.2. The predicted molar refractivity (Wildman–Crippen MR) is 64.1 cm³/mol. The molecular weight excluding hydrogens is 234 g/mol. The van der Waals surface area contributed by atoms with Crippen LogP contribution in [0.4, 0.5) is 0 Å². The number of esters is 1. The standard InChI is InChI=1S/C13H15NO4/c15-11(16)6-8-18-13(17)12-10-4-2-1-3-9(10)5-7-14-12/h1-4,12,14H,5-8H2,(H,15,16). The quantitative estimate of drug-likeness (QED) is 0.775. The predicted octanol–water partition coefficient (Wildman–Crippen LogP) is 0.891. The minimum absolute atomic E-state index is 0.0888. The van der Waals surface area contributed by atoms with E-state index in [4.69, 9.17) is 9.84 Å². The second-order valence-electron chi connectivity index (χ2n) is 4.15. The Hall–Kier alpha value is -1.88. The number of hydrogen-bond acceptors (Lipinski definition) is 4. The topological polar surface area (TPSA) is 75.6 Å². The van der Waals surface area contributed by atoms with Gasteiger partial charge in [-0.25, -0.2) is 4.79 Å². The van der Waals surface area contributed by atoms with Gasteiger partial charge < -0.3 is 15.2 Å². The van der Waals surface area contributed by atoms with Crippen LogP contribution in [0.3, 0.4) is 0 Å². The molecular formula is C13H15NO4. The third-order valence-electron chi connectivity index (χ3n) is 2.90. The van der Waals surface area contributed by atoms with Crippen LogP contribution in [0, 0.1) is 0 Å². The van der Waals surface area contributed by atoms with E-state index >= 15 is 0 Å². The van der Waals surface area contributed by atoms with Gasteiger partial charge in [0.1, 0.15) is 12.6 Å². The molecule has 5 heteroatoms. The number of hydrogen-bond donors (Lipinski definition) is 2. The minimum atomic E-state index is -0.972. The van der Waals surface area contributed by atoms with Crippen molar-refractivity contribution in [3.05, 3.63) is 35.4 Å². The number of aliphatic carboxylic acids is 1. The number of carbonyl (C=O) groups is 2. The van der Waals surface area contributed by atoms with Crippen molar-refractivity contribution in [1.29, 1.82) is 0 Å². The van der Waals surface area contributed by atoms with E-state index in [0.29, 0.717) is 0 Å². The smallest absolute Gasteiger partial charge is 0.327 e. The van der Waals surface area contributed by atoms with Crippen molar-refractivity contribution < 1.29 is 19.4 Å². The summed E-state index contributed by atoms with van der Waals surface area (Å²) in [7, 11) is 0. The van der Waals surface area contributed by atoms with Gasteiger partial charge in [0.25, 0.3) is 0 Å². The van der Waals surface area contributed by atoms with E-state index in [1.807, 2.05) is 24.3 Å². The third-order valence-corrected chi connectivity index (χ3v) is 2.90. The Labute approximate surface area is 105 Å². The second kappa shape index (κ2) is 5.64. The van der Waals surface area contributed by atoms with Crippen molar-refractivity contribution in [2.75, 3.05) is 13.2 Å². The van der Waals surface area contributed by atoms with Crippen LogP contribution in [0.25, 0.3) is 0 Å². The molecule has 1 atom stereocenters. The average Bonchev–Trinajstić information content (AvgIpc) is 2.37. The normalized spacial score (nSPS) is 17.9. The first-order valence-electron chi connectivity index (χ1n) is 5.88. The number of fused-ring (bicyclic) bond motifs is 1. The second-order valence-corrected chi connectivity index (χ2v) is 4.15. The molecule has 0 saturated carbocycles. The summed E-state index contributed by atoms with van der Waals surface area (Å²) < 4.78 is 4.97. The highest BCUT2D eigenvalue weighted by Gasteiger charge is 2.26. The average molecular weight is 249 g/mol. The number of rotatable bonds is 4.